The van der Waals surface area contributed by atoms with Crippen LogP contribution in [-0.2, 0) is 22.3 Å². The second-order valence-corrected chi connectivity index (χ2v) is 10.2. The highest BCUT2D eigenvalue weighted by molar-refractivity contribution is 7.88. The molecule has 1 aliphatic heterocycles. The summed E-state index contributed by atoms with van der Waals surface area (Å²) in [5, 5.41) is 5.62. The molecule has 170 valence electrons. The van der Waals surface area contributed by atoms with E-state index in [0.717, 1.165) is 25.2 Å². The highest BCUT2D eigenvalue weighted by atomic mass is 35.5. The average Bonchev–Trinajstić information content (AvgIpc) is 2.67. The monoisotopic (exact) mass is 469 g/mol. The van der Waals surface area contributed by atoms with Gasteiger partial charge in [-0.3, -0.25) is 9.80 Å². The van der Waals surface area contributed by atoms with E-state index in [1.807, 2.05) is 12.1 Å². The maximum absolute atomic E-state index is 13.1. The predicted molar refractivity (Wildman–Crippen MR) is 121 cm³/mol. The molecule has 9 heteroatoms. The summed E-state index contributed by atoms with van der Waals surface area (Å²) in [6.07, 6.45) is 0. The first-order valence-electron chi connectivity index (χ1n) is 10.2. The molecule has 1 saturated heterocycles. The Bertz CT molecular complexity index is 988. The molecule has 2 aromatic carbocycles. The van der Waals surface area contributed by atoms with Crippen LogP contribution in [0.25, 0.3) is 0 Å². The molecule has 1 aliphatic rings. The quantitative estimate of drug-likeness (QED) is 0.642. The molecule has 6 nitrogen and oxygen atoms in total. The zero-order chi connectivity index (χ0) is 22.6. The Morgan fingerprint density at radius 2 is 1.74 bits per heavy atom. The predicted octanol–water partition coefficient (Wildman–Crippen LogP) is 3.24. The standard InChI is InChI=1S/C22H29ClFN3O3S/c1-16-13-27(14-18-3-6-21(24)7-4-18)17(2)12-26(16)9-10-30-22-8-5-20(23)11-19(22)15-31(25,28)29/h3-8,11,16-17H,9-10,12-15H2,1-2H3,(H2,25,28,29)/t16-,17+/m1/s1. The number of nitrogens with two attached hydrogens (primary N) is 1. The first-order valence-corrected chi connectivity index (χ1v) is 12.3. The van der Waals surface area contributed by atoms with Gasteiger partial charge in [0.1, 0.15) is 18.2 Å². The van der Waals surface area contributed by atoms with E-state index in [2.05, 4.69) is 23.6 Å². The normalized spacial score (nSPS) is 20.7. The minimum absolute atomic E-state index is 0.220. The van der Waals surface area contributed by atoms with Crippen molar-refractivity contribution in [2.75, 3.05) is 26.2 Å². The topological polar surface area (TPSA) is 75.9 Å². The van der Waals surface area contributed by atoms with Crippen LogP contribution in [0.15, 0.2) is 42.5 Å². The third-order valence-electron chi connectivity index (χ3n) is 5.56. The van der Waals surface area contributed by atoms with Crippen LogP contribution in [-0.4, -0.2) is 56.5 Å². The van der Waals surface area contributed by atoms with E-state index in [0.29, 0.717) is 41.6 Å². The summed E-state index contributed by atoms with van der Waals surface area (Å²) >= 11 is 5.99. The summed E-state index contributed by atoms with van der Waals surface area (Å²) in [4.78, 5) is 4.76. The summed E-state index contributed by atoms with van der Waals surface area (Å²) in [7, 11) is -3.69. The van der Waals surface area contributed by atoms with Crippen molar-refractivity contribution < 1.29 is 17.5 Å². The van der Waals surface area contributed by atoms with E-state index < -0.39 is 10.0 Å². The van der Waals surface area contributed by atoms with E-state index in [9.17, 15) is 12.8 Å². The Hall–Kier alpha value is -1.71. The minimum atomic E-state index is -3.69. The van der Waals surface area contributed by atoms with Gasteiger partial charge in [0.15, 0.2) is 0 Å². The first kappa shape index (κ1) is 23.9. The fourth-order valence-corrected chi connectivity index (χ4v) is 4.77. The van der Waals surface area contributed by atoms with Gasteiger partial charge in [-0.25, -0.2) is 17.9 Å². The molecule has 1 fully saturated rings. The number of rotatable bonds is 8. The van der Waals surface area contributed by atoms with Gasteiger partial charge in [-0.1, -0.05) is 23.7 Å². The van der Waals surface area contributed by atoms with Gasteiger partial charge in [0.2, 0.25) is 10.0 Å². The van der Waals surface area contributed by atoms with Crippen LogP contribution in [0.4, 0.5) is 4.39 Å². The van der Waals surface area contributed by atoms with Crippen molar-refractivity contribution in [1.82, 2.24) is 9.80 Å². The molecule has 31 heavy (non-hydrogen) atoms. The third-order valence-corrected chi connectivity index (χ3v) is 6.51. The SMILES string of the molecule is C[C@@H]1CN(Cc2ccc(F)cc2)[C@@H](C)CN1CCOc1ccc(Cl)cc1CS(N)(=O)=O. The van der Waals surface area contributed by atoms with Crippen LogP contribution in [0.1, 0.15) is 25.0 Å². The van der Waals surface area contributed by atoms with Crippen LogP contribution in [0.2, 0.25) is 5.02 Å². The van der Waals surface area contributed by atoms with Gasteiger partial charge in [-0.15, -0.1) is 0 Å². The van der Waals surface area contributed by atoms with Crippen molar-refractivity contribution in [3.05, 3.63) is 64.4 Å². The van der Waals surface area contributed by atoms with Crippen molar-refractivity contribution in [3.8, 4) is 5.75 Å². The van der Waals surface area contributed by atoms with Crippen LogP contribution >= 0.6 is 11.6 Å². The number of piperazine rings is 1. The van der Waals surface area contributed by atoms with Crippen LogP contribution < -0.4 is 9.88 Å². The molecule has 0 radical (unpaired) electrons. The highest BCUT2D eigenvalue weighted by Gasteiger charge is 2.28. The Kier molecular flexibility index (Phi) is 7.93. The molecule has 0 saturated carbocycles. The number of halogens is 2. The number of nitrogens with zero attached hydrogens (tertiary/aromatic N) is 2. The van der Waals surface area contributed by atoms with E-state index in [1.54, 1.807) is 18.2 Å². The van der Waals surface area contributed by atoms with E-state index in [-0.39, 0.29) is 11.6 Å². The fraction of sp³-hybridized carbons (Fsp3) is 0.455. The van der Waals surface area contributed by atoms with Crippen molar-refractivity contribution in [1.29, 1.82) is 0 Å². The van der Waals surface area contributed by atoms with Crippen molar-refractivity contribution in [2.45, 2.75) is 38.2 Å². The molecule has 0 amide bonds. The molecule has 0 aromatic heterocycles. The maximum Gasteiger partial charge on any atom is 0.213 e. The van der Waals surface area contributed by atoms with E-state index in [4.69, 9.17) is 21.5 Å². The molecule has 2 aromatic rings. The van der Waals surface area contributed by atoms with Gasteiger partial charge in [0.25, 0.3) is 0 Å². The summed E-state index contributed by atoms with van der Waals surface area (Å²) in [5.41, 5.74) is 1.56. The number of hydrogen-bond donors (Lipinski definition) is 1. The minimum Gasteiger partial charge on any atom is -0.492 e. The van der Waals surface area contributed by atoms with Crippen LogP contribution in [0.3, 0.4) is 0 Å². The summed E-state index contributed by atoms with van der Waals surface area (Å²) < 4.78 is 42.0. The zero-order valence-electron chi connectivity index (χ0n) is 17.8. The molecule has 3 rings (SSSR count). The highest BCUT2D eigenvalue weighted by Crippen LogP contribution is 2.25. The number of benzene rings is 2. The third kappa shape index (κ3) is 7.15. The molecule has 1 heterocycles. The van der Waals surface area contributed by atoms with Crippen LogP contribution in [0.5, 0.6) is 5.75 Å². The summed E-state index contributed by atoms with van der Waals surface area (Å²) in [6, 6.07) is 12.2. The molecule has 0 unspecified atom stereocenters. The van der Waals surface area contributed by atoms with E-state index in [1.165, 1.54) is 12.1 Å². The van der Waals surface area contributed by atoms with Gasteiger partial charge in [-0.2, -0.15) is 0 Å². The lowest BCUT2D eigenvalue weighted by Crippen LogP contribution is -2.56. The van der Waals surface area contributed by atoms with Crippen molar-refractivity contribution in [2.24, 2.45) is 5.14 Å². The maximum atomic E-state index is 13.1. The smallest absolute Gasteiger partial charge is 0.213 e. The Labute approximate surface area is 188 Å². The molecular weight excluding hydrogens is 441 g/mol. The van der Waals surface area contributed by atoms with Crippen molar-refractivity contribution in [3.63, 3.8) is 0 Å². The zero-order valence-corrected chi connectivity index (χ0v) is 19.4. The molecular formula is C22H29ClFN3O3S. The Morgan fingerprint density at radius 3 is 2.42 bits per heavy atom. The van der Waals surface area contributed by atoms with E-state index >= 15 is 0 Å². The number of hydrogen-bond acceptors (Lipinski definition) is 5. The lowest BCUT2D eigenvalue weighted by atomic mass is 10.1. The molecule has 0 bridgehead atoms. The molecule has 2 N–H and O–H groups in total. The summed E-state index contributed by atoms with van der Waals surface area (Å²) in [5.74, 6) is -0.0600. The van der Waals surface area contributed by atoms with Crippen molar-refractivity contribution >= 4 is 21.6 Å². The molecule has 0 spiro atoms. The summed E-state index contributed by atoms with van der Waals surface area (Å²) in [6.45, 7) is 8.08. The second-order valence-electron chi connectivity index (χ2n) is 8.16. The molecule has 2 atom stereocenters. The number of ether oxygens (including phenoxy) is 1. The lowest BCUT2D eigenvalue weighted by Gasteiger charge is -2.44. The second kappa shape index (κ2) is 10.3. The number of primary sulfonamides is 1. The first-order chi connectivity index (χ1) is 14.6. The van der Waals surface area contributed by atoms with Crippen LogP contribution in [0, 0.1) is 5.82 Å². The van der Waals surface area contributed by atoms with Gasteiger partial charge in [-0.05, 0) is 49.7 Å². The fourth-order valence-electron chi connectivity index (χ4n) is 3.92. The Morgan fingerprint density at radius 1 is 1.10 bits per heavy atom. The van der Waals surface area contributed by atoms with Gasteiger partial charge < -0.3 is 4.74 Å². The number of sulfonamides is 1. The Balaban J connectivity index is 1.54. The van der Waals surface area contributed by atoms with Gasteiger partial charge in [0, 0.05) is 48.8 Å². The average molecular weight is 470 g/mol. The van der Waals surface area contributed by atoms with Gasteiger partial charge >= 0.3 is 0 Å². The van der Waals surface area contributed by atoms with Gasteiger partial charge in [0.05, 0.1) is 5.75 Å². The largest absolute Gasteiger partial charge is 0.492 e. The lowest BCUT2D eigenvalue weighted by molar-refractivity contribution is 0.0302. The molecule has 0 aliphatic carbocycles.